The molecule has 24 heavy (non-hydrogen) atoms. The highest BCUT2D eigenvalue weighted by atomic mass is 19.1. The molecular formula is C21H24FNO. The van der Waals surface area contributed by atoms with Crippen LogP contribution in [0.3, 0.4) is 0 Å². The minimum atomic E-state index is -0.193. The maximum Gasteiger partial charge on any atom is 0.137 e. The zero-order valence-corrected chi connectivity index (χ0v) is 14.0. The van der Waals surface area contributed by atoms with E-state index in [0.29, 0.717) is 24.5 Å². The van der Waals surface area contributed by atoms with Gasteiger partial charge in [-0.05, 0) is 48.6 Å². The molecule has 1 unspecified atom stereocenters. The number of benzene rings is 2. The Morgan fingerprint density at radius 2 is 1.79 bits per heavy atom. The molecule has 0 aliphatic carbocycles. The second kappa shape index (κ2) is 8.20. The van der Waals surface area contributed by atoms with Crippen LogP contribution in [0.25, 0.3) is 0 Å². The molecule has 1 saturated heterocycles. The lowest BCUT2D eigenvalue weighted by molar-refractivity contribution is -0.119. The summed E-state index contributed by atoms with van der Waals surface area (Å²) in [6.07, 6.45) is 3.45. The Morgan fingerprint density at radius 3 is 2.54 bits per heavy atom. The van der Waals surface area contributed by atoms with Crippen molar-refractivity contribution in [2.75, 3.05) is 13.1 Å². The topological polar surface area (TPSA) is 20.3 Å². The molecule has 1 aliphatic rings. The Hall–Kier alpha value is -2.00. The lowest BCUT2D eigenvalue weighted by atomic mass is 9.91. The average Bonchev–Trinajstić information content (AvgIpc) is 2.58. The molecule has 3 rings (SSSR count). The molecule has 1 fully saturated rings. The van der Waals surface area contributed by atoms with Gasteiger partial charge in [-0.25, -0.2) is 4.39 Å². The summed E-state index contributed by atoms with van der Waals surface area (Å²) in [6, 6.07) is 16.7. The number of halogens is 1. The average molecular weight is 325 g/mol. The van der Waals surface area contributed by atoms with Crippen LogP contribution in [0.4, 0.5) is 4.39 Å². The molecule has 0 radical (unpaired) electrons. The molecule has 0 saturated carbocycles. The number of piperidine rings is 1. The van der Waals surface area contributed by atoms with Crippen LogP contribution < -0.4 is 0 Å². The van der Waals surface area contributed by atoms with Crippen molar-refractivity contribution in [3.05, 3.63) is 71.5 Å². The normalized spacial score (nSPS) is 18.5. The van der Waals surface area contributed by atoms with Crippen LogP contribution in [0.2, 0.25) is 0 Å². The highest BCUT2D eigenvalue weighted by molar-refractivity contribution is 5.81. The van der Waals surface area contributed by atoms with Crippen molar-refractivity contribution < 1.29 is 9.18 Å². The summed E-state index contributed by atoms with van der Waals surface area (Å²) < 4.78 is 13.0. The third-order valence-electron chi connectivity index (χ3n) is 4.68. The summed E-state index contributed by atoms with van der Waals surface area (Å²) in [5.74, 6) is 0.576. The van der Waals surface area contributed by atoms with Crippen molar-refractivity contribution in [2.45, 2.75) is 32.2 Å². The molecule has 126 valence electrons. The number of rotatable bonds is 6. The Kier molecular flexibility index (Phi) is 5.76. The van der Waals surface area contributed by atoms with E-state index in [0.717, 1.165) is 43.6 Å². The van der Waals surface area contributed by atoms with Gasteiger partial charge in [0.05, 0.1) is 0 Å². The third-order valence-corrected chi connectivity index (χ3v) is 4.68. The van der Waals surface area contributed by atoms with Gasteiger partial charge in [-0.3, -0.25) is 9.69 Å². The van der Waals surface area contributed by atoms with Crippen molar-refractivity contribution in [3.63, 3.8) is 0 Å². The van der Waals surface area contributed by atoms with Gasteiger partial charge in [0.1, 0.15) is 11.6 Å². The third kappa shape index (κ3) is 5.00. The fourth-order valence-corrected chi connectivity index (χ4v) is 3.53. The van der Waals surface area contributed by atoms with Gasteiger partial charge in [0, 0.05) is 25.9 Å². The fourth-order valence-electron chi connectivity index (χ4n) is 3.53. The van der Waals surface area contributed by atoms with Crippen LogP contribution >= 0.6 is 0 Å². The number of ketones is 1. The van der Waals surface area contributed by atoms with Gasteiger partial charge in [-0.2, -0.15) is 0 Å². The molecule has 1 atom stereocenters. The van der Waals surface area contributed by atoms with Gasteiger partial charge >= 0.3 is 0 Å². The number of carbonyl (C=O) groups is 1. The number of hydrogen-bond acceptors (Lipinski definition) is 2. The van der Waals surface area contributed by atoms with E-state index in [1.807, 2.05) is 42.5 Å². The van der Waals surface area contributed by atoms with E-state index in [4.69, 9.17) is 0 Å². The number of hydrogen-bond donors (Lipinski definition) is 0. The molecule has 2 aromatic rings. The Bertz CT molecular complexity index is 653. The van der Waals surface area contributed by atoms with Crippen LogP contribution in [-0.4, -0.2) is 23.8 Å². The summed E-state index contributed by atoms with van der Waals surface area (Å²) >= 11 is 0. The molecule has 1 heterocycles. The highest BCUT2D eigenvalue weighted by Gasteiger charge is 2.22. The van der Waals surface area contributed by atoms with Gasteiger partial charge < -0.3 is 0 Å². The first-order valence-electron chi connectivity index (χ1n) is 8.71. The second-order valence-electron chi connectivity index (χ2n) is 6.78. The van der Waals surface area contributed by atoms with Crippen molar-refractivity contribution >= 4 is 5.78 Å². The molecule has 2 nitrogen and oxygen atoms in total. The van der Waals surface area contributed by atoms with Gasteiger partial charge in [-0.1, -0.05) is 42.5 Å². The molecule has 3 heteroatoms. The van der Waals surface area contributed by atoms with E-state index < -0.39 is 0 Å². The van der Waals surface area contributed by atoms with E-state index in [1.165, 1.54) is 12.1 Å². The number of nitrogens with zero attached hydrogens (tertiary/aromatic N) is 1. The van der Waals surface area contributed by atoms with Crippen molar-refractivity contribution in [3.8, 4) is 0 Å². The zero-order valence-electron chi connectivity index (χ0n) is 14.0. The van der Waals surface area contributed by atoms with Gasteiger partial charge in [0.25, 0.3) is 0 Å². The summed E-state index contributed by atoms with van der Waals surface area (Å²) in [6.45, 7) is 2.85. The number of likely N-dealkylation sites (tertiary alicyclic amines) is 1. The predicted octanol–water partition coefficient (Wildman–Crippen LogP) is 4.24. The summed E-state index contributed by atoms with van der Waals surface area (Å²) in [5.41, 5.74) is 2.23. The van der Waals surface area contributed by atoms with E-state index in [9.17, 15) is 9.18 Å². The van der Waals surface area contributed by atoms with Gasteiger partial charge in [0.15, 0.2) is 0 Å². The molecule has 0 amide bonds. The lowest BCUT2D eigenvalue weighted by Crippen LogP contribution is -2.35. The minimum absolute atomic E-state index is 0.193. The van der Waals surface area contributed by atoms with E-state index in [2.05, 4.69) is 4.90 Å². The number of carbonyl (C=O) groups excluding carboxylic acids is 1. The molecule has 0 aromatic heterocycles. The minimum Gasteiger partial charge on any atom is -0.299 e. The molecule has 1 aliphatic heterocycles. The maximum absolute atomic E-state index is 13.0. The lowest BCUT2D eigenvalue weighted by Gasteiger charge is -2.32. The smallest absolute Gasteiger partial charge is 0.137 e. The van der Waals surface area contributed by atoms with Crippen LogP contribution in [0, 0.1) is 11.7 Å². The van der Waals surface area contributed by atoms with E-state index in [-0.39, 0.29) is 5.82 Å². The Morgan fingerprint density at radius 1 is 1.04 bits per heavy atom. The van der Waals surface area contributed by atoms with Gasteiger partial charge in [-0.15, -0.1) is 0 Å². The Labute approximate surface area is 143 Å². The monoisotopic (exact) mass is 325 g/mol. The predicted molar refractivity (Wildman–Crippen MR) is 94.2 cm³/mol. The van der Waals surface area contributed by atoms with E-state index >= 15 is 0 Å². The fraction of sp³-hybridized carbons (Fsp3) is 0.381. The van der Waals surface area contributed by atoms with Crippen LogP contribution in [-0.2, 0) is 17.8 Å². The second-order valence-corrected chi connectivity index (χ2v) is 6.78. The SMILES string of the molecule is O=C(Cc1ccccc1)CC1CCCN(Cc2ccc(F)cc2)C1. The largest absolute Gasteiger partial charge is 0.299 e. The number of Topliss-reactive ketones (excluding diaryl/α,β-unsaturated/α-hetero) is 1. The van der Waals surface area contributed by atoms with Crippen molar-refractivity contribution in [1.82, 2.24) is 4.90 Å². The molecule has 2 aromatic carbocycles. The van der Waals surface area contributed by atoms with Crippen LogP contribution in [0.1, 0.15) is 30.4 Å². The van der Waals surface area contributed by atoms with Crippen molar-refractivity contribution in [1.29, 1.82) is 0 Å². The first kappa shape index (κ1) is 16.8. The Balaban J connectivity index is 1.50. The zero-order chi connectivity index (χ0) is 16.8. The molecule has 0 bridgehead atoms. The quantitative estimate of drug-likeness (QED) is 0.792. The van der Waals surface area contributed by atoms with Crippen LogP contribution in [0.15, 0.2) is 54.6 Å². The standard InChI is InChI=1S/C21H24FNO/c22-20-10-8-18(9-11-20)15-23-12-4-7-19(16-23)14-21(24)13-17-5-2-1-3-6-17/h1-3,5-6,8-11,19H,4,7,12-16H2. The van der Waals surface area contributed by atoms with Gasteiger partial charge in [0.2, 0.25) is 0 Å². The summed E-state index contributed by atoms with van der Waals surface area (Å²) in [4.78, 5) is 14.7. The van der Waals surface area contributed by atoms with Crippen molar-refractivity contribution in [2.24, 2.45) is 5.92 Å². The first-order valence-corrected chi connectivity index (χ1v) is 8.71. The molecule has 0 N–H and O–H groups in total. The van der Waals surface area contributed by atoms with E-state index in [1.54, 1.807) is 0 Å². The summed E-state index contributed by atoms with van der Waals surface area (Å²) in [5, 5.41) is 0. The highest BCUT2D eigenvalue weighted by Crippen LogP contribution is 2.22. The molecular weight excluding hydrogens is 301 g/mol. The molecule has 0 spiro atoms. The first-order chi connectivity index (χ1) is 11.7. The van der Waals surface area contributed by atoms with Crippen LogP contribution in [0.5, 0.6) is 0 Å². The maximum atomic E-state index is 13.0. The summed E-state index contributed by atoms with van der Waals surface area (Å²) in [7, 11) is 0.